The predicted molar refractivity (Wildman–Crippen MR) is 85.4 cm³/mol. The Kier molecular flexibility index (Phi) is 6.59. The lowest BCUT2D eigenvalue weighted by atomic mass is 10.2. The fourth-order valence-electron chi connectivity index (χ4n) is 2.70. The first-order chi connectivity index (χ1) is 10.7. The van der Waals surface area contributed by atoms with E-state index in [0.29, 0.717) is 25.0 Å². The quantitative estimate of drug-likeness (QED) is 0.542. The number of ether oxygens (including phenoxy) is 1. The summed E-state index contributed by atoms with van der Waals surface area (Å²) in [4.78, 5) is 25.8. The molecule has 1 fully saturated rings. The zero-order valence-corrected chi connectivity index (χ0v) is 13.3. The molecule has 0 radical (unpaired) electrons. The second kappa shape index (κ2) is 8.69. The smallest absolute Gasteiger partial charge is 0.262 e. The van der Waals surface area contributed by atoms with Gasteiger partial charge in [-0.3, -0.25) is 14.5 Å². The topological polar surface area (TPSA) is 46.6 Å². The van der Waals surface area contributed by atoms with Crippen LogP contribution < -0.4 is 0 Å². The minimum Gasteiger partial charge on any atom is -0.358 e. The van der Waals surface area contributed by atoms with Gasteiger partial charge in [0.2, 0.25) is 5.91 Å². The molecule has 1 unspecified atom stereocenters. The summed E-state index contributed by atoms with van der Waals surface area (Å²) < 4.78 is 5.79. The number of imide groups is 1. The third-order valence-corrected chi connectivity index (χ3v) is 3.96. The van der Waals surface area contributed by atoms with Crippen LogP contribution in [0.1, 0.15) is 62.2 Å². The van der Waals surface area contributed by atoms with Gasteiger partial charge in [0.05, 0.1) is 0 Å². The standard InChI is InChI=1S/C18H25NO3/c1-2-3-4-5-9-14-22-17-13-12-16(20)19(17)18(21)15-10-7-6-8-11-15/h6-8,10-11,17H,2-5,9,12-14H2,1H3. The Morgan fingerprint density at radius 1 is 1.18 bits per heavy atom. The number of likely N-dealkylation sites (tertiary alicyclic amines) is 1. The van der Waals surface area contributed by atoms with Crippen LogP contribution >= 0.6 is 0 Å². The second-order valence-corrected chi connectivity index (χ2v) is 5.71. The second-order valence-electron chi connectivity index (χ2n) is 5.71. The van der Waals surface area contributed by atoms with Crippen LogP contribution in [0.4, 0.5) is 0 Å². The van der Waals surface area contributed by atoms with E-state index in [-0.39, 0.29) is 11.8 Å². The highest BCUT2D eigenvalue weighted by Crippen LogP contribution is 2.22. The molecule has 4 heteroatoms. The highest BCUT2D eigenvalue weighted by molar-refractivity contribution is 6.05. The van der Waals surface area contributed by atoms with E-state index in [2.05, 4.69) is 6.92 Å². The summed E-state index contributed by atoms with van der Waals surface area (Å²) in [5.41, 5.74) is 0.536. The maximum absolute atomic E-state index is 12.5. The Hall–Kier alpha value is -1.68. The van der Waals surface area contributed by atoms with Crippen molar-refractivity contribution in [2.24, 2.45) is 0 Å². The molecule has 1 saturated heterocycles. The van der Waals surface area contributed by atoms with Crippen molar-refractivity contribution in [1.29, 1.82) is 0 Å². The normalized spacial score (nSPS) is 18.0. The predicted octanol–water partition coefficient (Wildman–Crippen LogP) is 3.76. The molecule has 1 aliphatic rings. The lowest BCUT2D eigenvalue weighted by molar-refractivity contribution is -0.131. The maximum atomic E-state index is 12.5. The van der Waals surface area contributed by atoms with E-state index in [1.807, 2.05) is 6.07 Å². The number of hydrogen-bond donors (Lipinski definition) is 0. The van der Waals surface area contributed by atoms with Crippen molar-refractivity contribution < 1.29 is 14.3 Å². The number of carbonyl (C=O) groups excluding carboxylic acids is 2. The molecule has 120 valence electrons. The number of nitrogens with zero attached hydrogens (tertiary/aromatic N) is 1. The Morgan fingerprint density at radius 2 is 1.91 bits per heavy atom. The van der Waals surface area contributed by atoms with E-state index in [1.165, 1.54) is 24.2 Å². The lowest BCUT2D eigenvalue weighted by Gasteiger charge is -2.23. The van der Waals surface area contributed by atoms with E-state index in [9.17, 15) is 9.59 Å². The highest BCUT2D eigenvalue weighted by atomic mass is 16.5. The first-order valence-corrected chi connectivity index (χ1v) is 8.27. The van der Waals surface area contributed by atoms with Gasteiger partial charge in [0, 0.05) is 25.0 Å². The molecule has 1 atom stereocenters. The third kappa shape index (κ3) is 4.41. The molecule has 0 aromatic heterocycles. The Morgan fingerprint density at radius 3 is 2.64 bits per heavy atom. The summed E-state index contributed by atoms with van der Waals surface area (Å²) in [5, 5.41) is 0. The zero-order valence-electron chi connectivity index (χ0n) is 13.3. The number of rotatable bonds is 8. The first-order valence-electron chi connectivity index (χ1n) is 8.27. The van der Waals surface area contributed by atoms with Gasteiger partial charge < -0.3 is 4.74 Å². The molecule has 1 heterocycles. The van der Waals surface area contributed by atoms with Crippen LogP contribution in [0.3, 0.4) is 0 Å². The van der Waals surface area contributed by atoms with Gasteiger partial charge in [-0.25, -0.2) is 0 Å². The minimum atomic E-state index is -0.397. The van der Waals surface area contributed by atoms with Crippen LogP contribution in [-0.2, 0) is 9.53 Å². The molecule has 0 saturated carbocycles. The van der Waals surface area contributed by atoms with E-state index in [1.54, 1.807) is 24.3 Å². The van der Waals surface area contributed by atoms with E-state index in [0.717, 1.165) is 12.8 Å². The molecule has 0 spiro atoms. The maximum Gasteiger partial charge on any atom is 0.262 e. The molecule has 0 aliphatic carbocycles. The van der Waals surface area contributed by atoms with Gasteiger partial charge in [0.1, 0.15) is 6.23 Å². The van der Waals surface area contributed by atoms with Crippen LogP contribution in [0, 0.1) is 0 Å². The Labute approximate surface area is 132 Å². The van der Waals surface area contributed by atoms with E-state index in [4.69, 9.17) is 4.74 Å². The molecule has 1 aromatic carbocycles. The van der Waals surface area contributed by atoms with Crippen molar-refractivity contribution in [3.63, 3.8) is 0 Å². The molecular weight excluding hydrogens is 278 g/mol. The van der Waals surface area contributed by atoms with Gasteiger partial charge in [-0.05, 0) is 18.6 Å². The summed E-state index contributed by atoms with van der Waals surface area (Å²) >= 11 is 0. The third-order valence-electron chi connectivity index (χ3n) is 3.96. The minimum absolute atomic E-state index is 0.134. The summed E-state index contributed by atoms with van der Waals surface area (Å²) in [5.74, 6) is -0.385. The van der Waals surface area contributed by atoms with Crippen molar-refractivity contribution in [2.45, 2.75) is 58.1 Å². The number of unbranched alkanes of at least 4 members (excludes halogenated alkanes) is 4. The largest absolute Gasteiger partial charge is 0.358 e. The summed E-state index contributed by atoms with van der Waals surface area (Å²) in [6.45, 7) is 2.80. The van der Waals surface area contributed by atoms with Gasteiger partial charge in [0.25, 0.3) is 5.91 Å². The summed E-state index contributed by atoms with van der Waals surface area (Å²) in [7, 11) is 0. The van der Waals surface area contributed by atoms with Gasteiger partial charge in [-0.2, -0.15) is 0 Å². The number of amides is 2. The molecule has 0 bridgehead atoms. The van der Waals surface area contributed by atoms with Gasteiger partial charge in [-0.15, -0.1) is 0 Å². The SMILES string of the molecule is CCCCCCCOC1CCC(=O)N1C(=O)c1ccccc1. The summed E-state index contributed by atoms with van der Waals surface area (Å²) in [6.07, 6.45) is 6.41. The first kappa shape index (κ1) is 16.7. The molecule has 1 aliphatic heterocycles. The molecular formula is C18H25NO3. The number of benzene rings is 1. The summed E-state index contributed by atoms with van der Waals surface area (Å²) in [6, 6.07) is 8.92. The Bertz CT molecular complexity index is 486. The van der Waals surface area contributed by atoms with Crippen LogP contribution in [-0.4, -0.2) is 29.5 Å². The molecule has 2 amide bonds. The van der Waals surface area contributed by atoms with Crippen molar-refractivity contribution >= 4 is 11.8 Å². The molecule has 1 aromatic rings. The van der Waals surface area contributed by atoms with Crippen LogP contribution in [0.15, 0.2) is 30.3 Å². The van der Waals surface area contributed by atoms with Gasteiger partial charge in [0.15, 0.2) is 0 Å². The number of hydrogen-bond acceptors (Lipinski definition) is 3. The average Bonchev–Trinajstić information content (AvgIpc) is 2.91. The van der Waals surface area contributed by atoms with Crippen molar-refractivity contribution in [3.8, 4) is 0 Å². The fraction of sp³-hybridized carbons (Fsp3) is 0.556. The molecule has 2 rings (SSSR count). The van der Waals surface area contributed by atoms with Crippen molar-refractivity contribution in [2.75, 3.05) is 6.61 Å². The van der Waals surface area contributed by atoms with E-state index >= 15 is 0 Å². The Balaban J connectivity index is 1.86. The van der Waals surface area contributed by atoms with E-state index < -0.39 is 6.23 Å². The fourth-order valence-corrected chi connectivity index (χ4v) is 2.70. The highest BCUT2D eigenvalue weighted by Gasteiger charge is 2.36. The van der Waals surface area contributed by atoms with Crippen LogP contribution in [0.25, 0.3) is 0 Å². The number of carbonyl (C=O) groups is 2. The van der Waals surface area contributed by atoms with Crippen molar-refractivity contribution in [1.82, 2.24) is 4.90 Å². The average molecular weight is 303 g/mol. The van der Waals surface area contributed by atoms with Crippen molar-refractivity contribution in [3.05, 3.63) is 35.9 Å². The lowest BCUT2D eigenvalue weighted by Crippen LogP contribution is -2.40. The van der Waals surface area contributed by atoms with Crippen LogP contribution in [0.2, 0.25) is 0 Å². The molecule has 0 N–H and O–H groups in total. The molecule has 4 nitrogen and oxygen atoms in total. The van der Waals surface area contributed by atoms with Gasteiger partial charge >= 0.3 is 0 Å². The monoisotopic (exact) mass is 303 g/mol. The van der Waals surface area contributed by atoms with Crippen LogP contribution in [0.5, 0.6) is 0 Å². The molecule has 22 heavy (non-hydrogen) atoms. The van der Waals surface area contributed by atoms with Gasteiger partial charge in [-0.1, -0.05) is 50.8 Å². The zero-order chi connectivity index (χ0) is 15.8.